The number of aryl methyl sites for hydroxylation is 2. The van der Waals surface area contributed by atoms with Gasteiger partial charge in [0.2, 0.25) is 0 Å². The molecular formula is C23H34FIN6. The number of hydrogen-bond acceptors (Lipinski definition) is 3. The summed E-state index contributed by atoms with van der Waals surface area (Å²) < 4.78 is 15.9. The molecule has 2 aromatic rings. The Kier molecular flexibility index (Phi) is 8.68. The summed E-state index contributed by atoms with van der Waals surface area (Å²) in [6.07, 6.45) is 8.82. The molecule has 1 aromatic heterocycles. The quantitative estimate of drug-likeness (QED) is 0.230. The number of guanidine groups is 1. The van der Waals surface area contributed by atoms with E-state index >= 15 is 0 Å². The van der Waals surface area contributed by atoms with Crippen molar-refractivity contribution >= 4 is 29.9 Å². The molecule has 6 nitrogen and oxygen atoms in total. The average Bonchev–Trinajstić information content (AvgIpc) is 3.50. The fourth-order valence-electron chi connectivity index (χ4n) is 4.26. The van der Waals surface area contributed by atoms with Gasteiger partial charge in [0.1, 0.15) is 17.5 Å². The maximum atomic E-state index is 13.6. The molecule has 2 N–H and O–H groups in total. The Morgan fingerprint density at radius 2 is 2.06 bits per heavy atom. The van der Waals surface area contributed by atoms with Crippen molar-refractivity contribution in [2.24, 2.45) is 4.99 Å². The Labute approximate surface area is 201 Å². The van der Waals surface area contributed by atoms with Crippen molar-refractivity contribution in [2.45, 2.75) is 70.3 Å². The third-order valence-corrected chi connectivity index (χ3v) is 6.23. The van der Waals surface area contributed by atoms with E-state index in [0.29, 0.717) is 6.54 Å². The number of hydrogen-bond donors (Lipinski definition) is 2. The van der Waals surface area contributed by atoms with Crippen LogP contribution in [-0.4, -0.2) is 40.4 Å². The Balaban J connectivity index is 0.00000272. The van der Waals surface area contributed by atoms with E-state index in [0.717, 1.165) is 74.9 Å². The molecule has 1 aromatic carbocycles. The highest BCUT2D eigenvalue weighted by Gasteiger charge is 2.44. The SMILES string of the molecule is CCNC(=NCC1(c2cccc(F)c2)CC1)NCCCc1nnc2n1CCCCC2.I. The van der Waals surface area contributed by atoms with Gasteiger partial charge in [-0.1, -0.05) is 18.6 Å². The fourth-order valence-corrected chi connectivity index (χ4v) is 4.26. The Morgan fingerprint density at radius 3 is 2.84 bits per heavy atom. The molecule has 2 heterocycles. The Bertz CT molecular complexity index is 877. The van der Waals surface area contributed by atoms with E-state index in [-0.39, 0.29) is 35.2 Å². The van der Waals surface area contributed by atoms with Gasteiger partial charge >= 0.3 is 0 Å². The maximum Gasteiger partial charge on any atom is 0.191 e. The van der Waals surface area contributed by atoms with Gasteiger partial charge in [-0.3, -0.25) is 4.99 Å². The smallest absolute Gasteiger partial charge is 0.191 e. The van der Waals surface area contributed by atoms with Gasteiger partial charge in [0, 0.05) is 37.9 Å². The van der Waals surface area contributed by atoms with Crippen LogP contribution >= 0.6 is 24.0 Å². The second-order valence-corrected chi connectivity index (χ2v) is 8.51. The summed E-state index contributed by atoms with van der Waals surface area (Å²) >= 11 is 0. The Hall–Kier alpha value is -1.71. The van der Waals surface area contributed by atoms with Gasteiger partial charge in [-0.25, -0.2) is 4.39 Å². The van der Waals surface area contributed by atoms with Crippen molar-refractivity contribution in [3.63, 3.8) is 0 Å². The summed E-state index contributed by atoms with van der Waals surface area (Å²) in [7, 11) is 0. The molecule has 31 heavy (non-hydrogen) atoms. The van der Waals surface area contributed by atoms with Gasteiger partial charge in [-0.2, -0.15) is 0 Å². The number of halogens is 2. The van der Waals surface area contributed by atoms with E-state index < -0.39 is 0 Å². The van der Waals surface area contributed by atoms with E-state index in [1.54, 1.807) is 12.1 Å². The van der Waals surface area contributed by atoms with Crippen LogP contribution in [0.2, 0.25) is 0 Å². The van der Waals surface area contributed by atoms with Crippen LogP contribution in [0.25, 0.3) is 0 Å². The molecule has 4 rings (SSSR count). The van der Waals surface area contributed by atoms with Crippen molar-refractivity contribution in [2.75, 3.05) is 19.6 Å². The molecule has 1 fully saturated rings. The number of nitrogens with zero attached hydrogens (tertiary/aromatic N) is 4. The minimum absolute atomic E-state index is 0. The van der Waals surface area contributed by atoms with Gasteiger partial charge < -0.3 is 15.2 Å². The first-order valence-corrected chi connectivity index (χ1v) is 11.4. The second-order valence-electron chi connectivity index (χ2n) is 8.51. The topological polar surface area (TPSA) is 67.1 Å². The molecular weight excluding hydrogens is 506 g/mol. The first kappa shape index (κ1) is 23.9. The first-order valence-electron chi connectivity index (χ1n) is 11.4. The number of fused-ring (bicyclic) bond motifs is 1. The van der Waals surface area contributed by atoms with Crippen LogP contribution in [-0.2, 0) is 24.8 Å². The monoisotopic (exact) mass is 540 g/mol. The second kappa shape index (κ2) is 11.2. The molecule has 1 aliphatic heterocycles. The molecule has 0 amide bonds. The molecule has 0 radical (unpaired) electrons. The van der Waals surface area contributed by atoms with Crippen molar-refractivity contribution in [1.82, 2.24) is 25.4 Å². The lowest BCUT2D eigenvalue weighted by Gasteiger charge is -2.16. The van der Waals surface area contributed by atoms with Crippen molar-refractivity contribution < 1.29 is 4.39 Å². The molecule has 0 spiro atoms. The lowest BCUT2D eigenvalue weighted by Crippen LogP contribution is -2.38. The summed E-state index contributed by atoms with van der Waals surface area (Å²) in [6, 6.07) is 6.98. The summed E-state index contributed by atoms with van der Waals surface area (Å²) in [5.74, 6) is 2.93. The van der Waals surface area contributed by atoms with E-state index in [1.807, 2.05) is 6.07 Å². The van der Waals surface area contributed by atoms with Gasteiger partial charge in [0.25, 0.3) is 0 Å². The summed E-state index contributed by atoms with van der Waals surface area (Å²) in [4.78, 5) is 4.81. The molecule has 0 saturated heterocycles. The molecule has 8 heteroatoms. The van der Waals surface area contributed by atoms with Gasteiger partial charge in [-0.05, 0) is 56.7 Å². The molecule has 1 aliphatic carbocycles. The average molecular weight is 540 g/mol. The normalized spacial score (nSPS) is 17.3. The minimum atomic E-state index is -0.167. The molecule has 0 atom stereocenters. The van der Waals surface area contributed by atoms with Crippen molar-refractivity contribution in [3.05, 3.63) is 47.3 Å². The number of rotatable bonds is 8. The largest absolute Gasteiger partial charge is 0.357 e. The van der Waals surface area contributed by atoms with Gasteiger partial charge in [0.15, 0.2) is 5.96 Å². The summed E-state index contributed by atoms with van der Waals surface area (Å²) in [5, 5.41) is 15.6. The predicted octanol–water partition coefficient (Wildman–Crippen LogP) is 3.98. The highest BCUT2D eigenvalue weighted by Crippen LogP contribution is 2.48. The molecule has 0 bridgehead atoms. The maximum absolute atomic E-state index is 13.6. The molecule has 0 unspecified atom stereocenters. The van der Waals surface area contributed by atoms with E-state index in [1.165, 1.54) is 25.3 Å². The lowest BCUT2D eigenvalue weighted by molar-refractivity contribution is 0.593. The zero-order valence-electron chi connectivity index (χ0n) is 18.4. The summed E-state index contributed by atoms with van der Waals surface area (Å²) in [5.41, 5.74) is 1.07. The van der Waals surface area contributed by atoms with Gasteiger partial charge in [-0.15, -0.1) is 34.2 Å². The predicted molar refractivity (Wildman–Crippen MR) is 133 cm³/mol. The van der Waals surface area contributed by atoms with E-state index in [2.05, 4.69) is 32.3 Å². The van der Waals surface area contributed by atoms with Crippen LogP contribution in [0.1, 0.15) is 62.7 Å². The minimum Gasteiger partial charge on any atom is -0.357 e. The summed E-state index contributed by atoms with van der Waals surface area (Å²) in [6.45, 7) is 5.46. The third kappa shape index (κ3) is 6.17. The fraction of sp³-hybridized carbons (Fsp3) is 0.609. The third-order valence-electron chi connectivity index (χ3n) is 6.23. The van der Waals surface area contributed by atoms with Crippen molar-refractivity contribution in [1.29, 1.82) is 0 Å². The van der Waals surface area contributed by atoms with Crippen LogP contribution in [0.3, 0.4) is 0 Å². The number of nitrogens with one attached hydrogen (secondary N) is 2. The zero-order valence-corrected chi connectivity index (χ0v) is 20.7. The number of aliphatic imine (C=N–C) groups is 1. The molecule has 1 saturated carbocycles. The van der Waals surface area contributed by atoms with E-state index in [9.17, 15) is 4.39 Å². The zero-order chi connectivity index (χ0) is 20.8. The van der Waals surface area contributed by atoms with Crippen LogP contribution < -0.4 is 10.6 Å². The van der Waals surface area contributed by atoms with E-state index in [4.69, 9.17) is 4.99 Å². The highest BCUT2D eigenvalue weighted by molar-refractivity contribution is 14.0. The number of aromatic nitrogens is 3. The van der Waals surface area contributed by atoms with Gasteiger partial charge in [0.05, 0.1) is 6.54 Å². The first-order chi connectivity index (χ1) is 14.7. The molecule has 170 valence electrons. The van der Waals surface area contributed by atoms with Crippen LogP contribution in [0.4, 0.5) is 4.39 Å². The van der Waals surface area contributed by atoms with Crippen LogP contribution in [0.5, 0.6) is 0 Å². The van der Waals surface area contributed by atoms with Crippen LogP contribution in [0, 0.1) is 5.82 Å². The van der Waals surface area contributed by atoms with Crippen LogP contribution in [0.15, 0.2) is 29.3 Å². The molecule has 2 aliphatic rings. The van der Waals surface area contributed by atoms with Crippen molar-refractivity contribution in [3.8, 4) is 0 Å². The lowest BCUT2D eigenvalue weighted by atomic mass is 9.96. The highest BCUT2D eigenvalue weighted by atomic mass is 127. The standard InChI is InChI=1S/C23H33FN6.HI/c1-2-25-22(27-17-23(12-13-23)18-8-6-9-19(24)16-18)26-14-7-11-21-29-28-20-10-4-3-5-15-30(20)21;/h6,8-9,16H,2-5,7,10-15,17H2,1H3,(H2,25,26,27);1H. The number of benzene rings is 1. The Morgan fingerprint density at radius 1 is 1.19 bits per heavy atom.